The summed E-state index contributed by atoms with van der Waals surface area (Å²) in [6, 6.07) is 9.61. The van der Waals surface area contributed by atoms with Crippen molar-refractivity contribution in [3.05, 3.63) is 59.0 Å². The van der Waals surface area contributed by atoms with Crippen molar-refractivity contribution in [2.24, 2.45) is 5.11 Å². The zero-order chi connectivity index (χ0) is 12.5. The second-order valence-corrected chi connectivity index (χ2v) is 3.48. The lowest BCUT2D eigenvalue weighted by atomic mass is 10.2. The highest BCUT2D eigenvalue weighted by Gasteiger charge is 2.15. The topological polar surface area (TPSA) is 78.2 Å². The maximum Gasteiger partial charge on any atom is 0.102 e. The first kappa shape index (κ1) is 13.3. The number of aliphatic hydroxyl groups is 1. The molecule has 5 heteroatoms. The lowest BCUT2D eigenvalue weighted by molar-refractivity contribution is -0.0138. The fraction of sp³-hybridized carbons (Fsp3) is 0.333. The standard InChI is InChI=1S/C12H15N3O2/c1-2-12(11(16)8-14-15-13)17-9-10-6-4-3-5-7-10/h2-7,11-12,16H,1,8-9H2/t11-,12?/m0/s1. The van der Waals surface area contributed by atoms with Gasteiger partial charge < -0.3 is 9.84 Å². The second-order valence-electron chi connectivity index (χ2n) is 3.48. The first-order chi connectivity index (χ1) is 8.27. The fourth-order valence-electron chi connectivity index (χ4n) is 1.33. The predicted octanol–water partition coefficient (Wildman–Crippen LogP) is 2.43. The molecule has 0 amide bonds. The minimum absolute atomic E-state index is 0.0258. The normalized spacial score (nSPS) is 13.5. The van der Waals surface area contributed by atoms with Gasteiger partial charge in [0.25, 0.3) is 0 Å². The molecule has 0 aliphatic carbocycles. The van der Waals surface area contributed by atoms with Gasteiger partial charge in [0, 0.05) is 4.91 Å². The molecule has 2 atom stereocenters. The van der Waals surface area contributed by atoms with Crippen molar-refractivity contribution in [1.29, 1.82) is 0 Å². The molecule has 1 aromatic carbocycles. The Kier molecular flexibility index (Phi) is 5.82. The van der Waals surface area contributed by atoms with Crippen molar-refractivity contribution in [2.75, 3.05) is 6.54 Å². The number of nitrogens with zero attached hydrogens (tertiary/aromatic N) is 3. The van der Waals surface area contributed by atoms with Crippen LogP contribution in [-0.2, 0) is 11.3 Å². The molecule has 1 unspecified atom stereocenters. The quantitative estimate of drug-likeness (QED) is 0.340. The molecule has 1 N–H and O–H groups in total. The van der Waals surface area contributed by atoms with Gasteiger partial charge in [-0.05, 0) is 11.1 Å². The van der Waals surface area contributed by atoms with Gasteiger partial charge in [-0.1, -0.05) is 41.5 Å². The second kappa shape index (κ2) is 7.46. The Labute approximate surface area is 100.0 Å². The smallest absolute Gasteiger partial charge is 0.102 e. The highest BCUT2D eigenvalue weighted by Crippen LogP contribution is 2.07. The minimum Gasteiger partial charge on any atom is -0.390 e. The summed E-state index contributed by atoms with van der Waals surface area (Å²) in [6.07, 6.45) is 0.0911. The van der Waals surface area contributed by atoms with E-state index in [0.717, 1.165) is 5.56 Å². The summed E-state index contributed by atoms with van der Waals surface area (Å²) in [5.41, 5.74) is 9.17. The molecule has 0 aromatic heterocycles. The number of hydrogen-bond donors (Lipinski definition) is 1. The summed E-state index contributed by atoms with van der Waals surface area (Å²) in [5, 5.41) is 13.0. The van der Waals surface area contributed by atoms with Crippen LogP contribution in [0, 0.1) is 0 Å². The van der Waals surface area contributed by atoms with Gasteiger partial charge in [0.05, 0.1) is 19.3 Å². The van der Waals surface area contributed by atoms with Crippen LogP contribution in [0.15, 0.2) is 48.1 Å². The molecule has 0 bridgehead atoms. The van der Waals surface area contributed by atoms with Crippen LogP contribution in [0.3, 0.4) is 0 Å². The van der Waals surface area contributed by atoms with Gasteiger partial charge in [-0.3, -0.25) is 0 Å². The average Bonchev–Trinajstić information content (AvgIpc) is 2.38. The Morgan fingerprint density at radius 3 is 2.76 bits per heavy atom. The third kappa shape index (κ3) is 4.70. The van der Waals surface area contributed by atoms with Gasteiger partial charge in [-0.15, -0.1) is 6.58 Å². The summed E-state index contributed by atoms with van der Waals surface area (Å²) in [7, 11) is 0. The number of azide groups is 1. The number of rotatable bonds is 7. The van der Waals surface area contributed by atoms with Gasteiger partial charge >= 0.3 is 0 Å². The molecule has 0 saturated heterocycles. The third-order valence-electron chi connectivity index (χ3n) is 2.23. The van der Waals surface area contributed by atoms with Crippen molar-refractivity contribution in [1.82, 2.24) is 0 Å². The molecule has 1 aromatic rings. The van der Waals surface area contributed by atoms with E-state index in [2.05, 4.69) is 16.6 Å². The lowest BCUT2D eigenvalue weighted by Gasteiger charge is -2.18. The molecular weight excluding hydrogens is 218 g/mol. The van der Waals surface area contributed by atoms with Crippen molar-refractivity contribution in [2.45, 2.75) is 18.8 Å². The van der Waals surface area contributed by atoms with Crippen LogP contribution in [0.1, 0.15) is 5.56 Å². The maximum atomic E-state index is 9.66. The van der Waals surface area contributed by atoms with Gasteiger partial charge in [0.1, 0.15) is 6.10 Å². The van der Waals surface area contributed by atoms with E-state index in [9.17, 15) is 5.11 Å². The summed E-state index contributed by atoms with van der Waals surface area (Å²) in [5.74, 6) is 0. The average molecular weight is 233 g/mol. The van der Waals surface area contributed by atoms with E-state index >= 15 is 0 Å². The summed E-state index contributed by atoms with van der Waals surface area (Å²) in [4.78, 5) is 2.59. The van der Waals surface area contributed by atoms with E-state index in [4.69, 9.17) is 10.3 Å². The highest BCUT2D eigenvalue weighted by atomic mass is 16.5. The monoisotopic (exact) mass is 233 g/mol. The maximum absolute atomic E-state index is 9.66. The fourth-order valence-corrected chi connectivity index (χ4v) is 1.33. The van der Waals surface area contributed by atoms with E-state index < -0.39 is 12.2 Å². The summed E-state index contributed by atoms with van der Waals surface area (Å²) >= 11 is 0. The van der Waals surface area contributed by atoms with E-state index in [-0.39, 0.29) is 6.54 Å². The molecule has 0 fully saturated rings. The molecule has 0 saturated carbocycles. The van der Waals surface area contributed by atoms with E-state index in [1.54, 1.807) is 0 Å². The Morgan fingerprint density at radius 1 is 1.47 bits per heavy atom. The number of ether oxygens (including phenoxy) is 1. The summed E-state index contributed by atoms with van der Waals surface area (Å²) in [6.45, 7) is 3.94. The van der Waals surface area contributed by atoms with Crippen molar-refractivity contribution in [3.8, 4) is 0 Å². The zero-order valence-corrected chi connectivity index (χ0v) is 9.44. The van der Waals surface area contributed by atoms with Crippen molar-refractivity contribution >= 4 is 0 Å². The first-order valence-corrected chi connectivity index (χ1v) is 5.25. The molecular formula is C12H15N3O2. The van der Waals surface area contributed by atoms with Crippen LogP contribution in [0.25, 0.3) is 10.4 Å². The first-order valence-electron chi connectivity index (χ1n) is 5.25. The zero-order valence-electron chi connectivity index (χ0n) is 9.44. The molecule has 90 valence electrons. The van der Waals surface area contributed by atoms with Gasteiger partial charge in [-0.2, -0.15) is 0 Å². The molecule has 1 rings (SSSR count). The van der Waals surface area contributed by atoms with E-state index in [1.807, 2.05) is 30.3 Å². The Balaban J connectivity index is 2.47. The van der Waals surface area contributed by atoms with Crippen LogP contribution < -0.4 is 0 Å². The SMILES string of the molecule is C=CC(OCc1ccccc1)[C@@H](O)CN=[N+]=[N-]. The number of aliphatic hydroxyl groups excluding tert-OH is 1. The van der Waals surface area contributed by atoms with Crippen LogP contribution in [0.4, 0.5) is 0 Å². The van der Waals surface area contributed by atoms with Gasteiger partial charge in [0.15, 0.2) is 0 Å². The minimum atomic E-state index is -0.868. The molecule has 5 nitrogen and oxygen atoms in total. The lowest BCUT2D eigenvalue weighted by Crippen LogP contribution is -2.29. The number of hydrogen-bond acceptors (Lipinski definition) is 3. The van der Waals surface area contributed by atoms with Gasteiger partial charge in [-0.25, -0.2) is 0 Å². The third-order valence-corrected chi connectivity index (χ3v) is 2.23. The van der Waals surface area contributed by atoms with Crippen LogP contribution >= 0.6 is 0 Å². The molecule has 17 heavy (non-hydrogen) atoms. The Morgan fingerprint density at radius 2 is 2.18 bits per heavy atom. The van der Waals surface area contributed by atoms with Crippen LogP contribution in [0.2, 0.25) is 0 Å². The predicted molar refractivity (Wildman–Crippen MR) is 65.2 cm³/mol. The Bertz CT molecular complexity index is 388. The van der Waals surface area contributed by atoms with Crippen LogP contribution in [0.5, 0.6) is 0 Å². The van der Waals surface area contributed by atoms with Gasteiger partial charge in [0.2, 0.25) is 0 Å². The van der Waals surface area contributed by atoms with Crippen molar-refractivity contribution < 1.29 is 9.84 Å². The van der Waals surface area contributed by atoms with Crippen LogP contribution in [-0.4, -0.2) is 23.9 Å². The molecule has 0 heterocycles. The Hall–Kier alpha value is -1.81. The summed E-state index contributed by atoms with van der Waals surface area (Å²) < 4.78 is 5.48. The highest BCUT2D eigenvalue weighted by molar-refractivity contribution is 5.13. The molecule has 0 radical (unpaired) electrons. The molecule has 0 aliphatic rings. The van der Waals surface area contributed by atoms with E-state index in [0.29, 0.717) is 6.61 Å². The molecule has 0 spiro atoms. The largest absolute Gasteiger partial charge is 0.390 e. The van der Waals surface area contributed by atoms with Crippen molar-refractivity contribution in [3.63, 3.8) is 0 Å². The number of benzene rings is 1. The molecule has 0 aliphatic heterocycles. The van der Waals surface area contributed by atoms with E-state index in [1.165, 1.54) is 6.08 Å².